The molecule has 0 radical (unpaired) electrons. The fourth-order valence-electron chi connectivity index (χ4n) is 3.70. The summed E-state index contributed by atoms with van der Waals surface area (Å²) in [5.74, 6) is 0. The Morgan fingerprint density at radius 3 is 3.08 bits per heavy atom. The van der Waals surface area contributed by atoms with Crippen molar-refractivity contribution in [1.29, 1.82) is 0 Å². The first-order valence-corrected chi connectivity index (χ1v) is 8.91. The molecule has 1 unspecified atom stereocenters. The Morgan fingerprint density at radius 1 is 1.36 bits per heavy atom. The van der Waals surface area contributed by atoms with Crippen molar-refractivity contribution in [2.45, 2.75) is 38.8 Å². The molecule has 6 nitrogen and oxygen atoms in total. The fraction of sp³-hybridized carbons (Fsp3) is 0.368. The van der Waals surface area contributed by atoms with E-state index < -0.39 is 0 Å². The van der Waals surface area contributed by atoms with Gasteiger partial charge in [-0.3, -0.25) is 5.10 Å². The van der Waals surface area contributed by atoms with Crippen LogP contribution in [-0.2, 0) is 6.54 Å². The number of piperidine rings is 1. The van der Waals surface area contributed by atoms with Crippen molar-refractivity contribution in [3.05, 3.63) is 48.4 Å². The van der Waals surface area contributed by atoms with Gasteiger partial charge in [-0.25, -0.2) is 4.79 Å². The zero-order valence-electron chi connectivity index (χ0n) is 14.4. The SMILES string of the molecule is CCn1ccc2ccc(NC(=O)N3CCCCC3c3cn[nH]c3)cc21. The standard InChI is InChI=1S/C19H23N5O/c1-2-23-10-8-14-6-7-16(11-18(14)23)22-19(25)24-9-4-3-5-17(24)15-12-20-21-13-15/h6-8,10-13,17H,2-5,9H2,1H3,(H,20,21)(H,22,25). The Hall–Kier alpha value is -2.76. The van der Waals surface area contributed by atoms with Crippen molar-refractivity contribution in [2.75, 3.05) is 11.9 Å². The molecule has 1 aromatic carbocycles. The lowest BCUT2D eigenvalue weighted by atomic mass is 9.98. The largest absolute Gasteiger partial charge is 0.348 e. The number of nitrogens with one attached hydrogen (secondary N) is 2. The van der Waals surface area contributed by atoms with E-state index >= 15 is 0 Å². The number of carbonyl (C=O) groups excluding carboxylic acids is 1. The van der Waals surface area contributed by atoms with Crippen molar-refractivity contribution in [3.63, 3.8) is 0 Å². The number of hydrogen-bond acceptors (Lipinski definition) is 2. The third kappa shape index (κ3) is 2.99. The summed E-state index contributed by atoms with van der Waals surface area (Å²) in [6.07, 6.45) is 8.93. The first kappa shape index (κ1) is 15.7. The highest BCUT2D eigenvalue weighted by Gasteiger charge is 2.28. The molecule has 2 amide bonds. The fourth-order valence-corrected chi connectivity index (χ4v) is 3.70. The molecule has 0 saturated carbocycles. The second-order valence-electron chi connectivity index (χ2n) is 6.54. The molecule has 130 valence electrons. The quantitative estimate of drug-likeness (QED) is 0.754. The Bertz CT molecular complexity index is 867. The number of hydrogen-bond donors (Lipinski definition) is 2. The van der Waals surface area contributed by atoms with E-state index in [4.69, 9.17) is 0 Å². The molecule has 2 N–H and O–H groups in total. The lowest BCUT2D eigenvalue weighted by Gasteiger charge is -2.35. The molecular formula is C19H23N5O. The van der Waals surface area contributed by atoms with Gasteiger partial charge in [0.05, 0.1) is 17.8 Å². The lowest BCUT2D eigenvalue weighted by molar-refractivity contribution is 0.163. The molecule has 3 heterocycles. The van der Waals surface area contributed by atoms with Gasteiger partial charge < -0.3 is 14.8 Å². The minimum atomic E-state index is -0.0418. The third-order valence-corrected chi connectivity index (χ3v) is 5.03. The first-order valence-electron chi connectivity index (χ1n) is 8.91. The number of nitrogens with zero attached hydrogens (tertiary/aromatic N) is 3. The van der Waals surface area contributed by atoms with Gasteiger partial charge >= 0.3 is 6.03 Å². The Kier molecular flexibility index (Phi) is 4.17. The van der Waals surface area contributed by atoms with Crippen LogP contribution in [0.15, 0.2) is 42.9 Å². The predicted octanol–water partition coefficient (Wildman–Crippen LogP) is 4.14. The summed E-state index contributed by atoms with van der Waals surface area (Å²) in [7, 11) is 0. The molecule has 25 heavy (non-hydrogen) atoms. The summed E-state index contributed by atoms with van der Waals surface area (Å²) < 4.78 is 2.18. The van der Waals surface area contributed by atoms with Gasteiger partial charge in [-0.05, 0) is 49.8 Å². The van der Waals surface area contributed by atoms with Crippen molar-refractivity contribution in [2.24, 2.45) is 0 Å². The van der Waals surface area contributed by atoms with Gasteiger partial charge in [-0.2, -0.15) is 5.10 Å². The number of aromatic nitrogens is 3. The summed E-state index contributed by atoms with van der Waals surface area (Å²) >= 11 is 0. The highest BCUT2D eigenvalue weighted by molar-refractivity contribution is 5.93. The van der Waals surface area contributed by atoms with Gasteiger partial charge in [0.1, 0.15) is 0 Å². The van der Waals surface area contributed by atoms with Crippen LogP contribution in [0.2, 0.25) is 0 Å². The smallest absolute Gasteiger partial charge is 0.322 e. The zero-order chi connectivity index (χ0) is 17.2. The lowest BCUT2D eigenvalue weighted by Crippen LogP contribution is -2.41. The van der Waals surface area contributed by atoms with Gasteiger partial charge in [0.25, 0.3) is 0 Å². The van der Waals surface area contributed by atoms with Crippen LogP contribution in [0, 0.1) is 0 Å². The van der Waals surface area contributed by atoms with Gasteiger partial charge in [0.15, 0.2) is 0 Å². The van der Waals surface area contributed by atoms with E-state index in [-0.39, 0.29) is 12.1 Å². The second kappa shape index (κ2) is 6.63. The van der Waals surface area contributed by atoms with E-state index in [2.05, 4.69) is 45.3 Å². The monoisotopic (exact) mass is 337 g/mol. The molecule has 3 aromatic rings. The maximum absolute atomic E-state index is 12.9. The number of amides is 2. The molecule has 1 saturated heterocycles. The molecule has 1 fully saturated rings. The van der Waals surface area contributed by atoms with Gasteiger partial charge in [-0.15, -0.1) is 0 Å². The molecule has 6 heteroatoms. The van der Waals surface area contributed by atoms with Crippen LogP contribution in [0.3, 0.4) is 0 Å². The maximum Gasteiger partial charge on any atom is 0.322 e. The van der Waals surface area contributed by atoms with Crippen LogP contribution < -0.4 is 5.32 Å². The van der Waals surface area contributed by atoms with Crippen LogP contribution >= 0.6 is 0 Å². The van der Waals surface area contributed by atoms with Crippen molar-refractivity contribution in [1.82, 2.24) is 19.7 Å². The average molecular weight is 337 g/mol. The summed E-state index contributed by atoms with van der Waals surface area (Å²) in [6.45, 7) is 3.80. The first-order chi connectivity index (χ1) is 12.3. The number of aryl methyl sites for hydroxylation is 1. The number of fused-ring (bicyclic) bond motifs is 1. The second-order valence-corrected chi connectivity index (χ2v) is 6.54. The molecule has 4 rings (SSSR count). The molecule has 2 aromatic heterocycles. The average Bonchev–Trinajstić information content (AvgIpc) is 3.31. The number of urea groups is 1. The van der Waals surface area contributed by atoms with E-state index in [0.29, 0.717) is 0 Å². The van der Waals surface area contributed by atoms with Crippen molar-refractivity contribution in [3.8, 4) is 0 Å². The van der Waals surface area contributed by atoms with Crippen LogP contribution in [0.25, 0.3) is 10.9 Å². The third-order valence-electron chi connectivity index (χ3n) is 5.03. The topological polar surface area (TPSA) is 66.0 Å². The number of aromatic amines is 1. The maximum atomic E-state index is 12.9. The van der Waals surface area contributed by atoms with Crippen molar-refractivity contribution >= 4 is 22.6 Å². The van der Waals surface area contributed by atoms with Gasteiger partial charge in [0.2, 0.25) is 0 Å². The Labute approximate surface area is 146 Å². The normalized spacial score (nSPS) is 17.8. The van der Waals surface area contributed by atoms with Gasteiger partial charge in [0, 0.05) is 36.7 Å². The minimum Gasteiger partial charge on any atom is -0.348 e. The highest BCUT2D eigenvalue weighted by Crippen LogP contribution is 2.31. The minimum absolute atomic E-state index is 0.0418. The summed E-state index contributed by atoms with van der Waals surface area (Å²) in [4.78, 5) is 14.8. The molecular weight excluding hydrogens is 314 g/mol. The summed E-state index contributed by atoms with van der Waals surface area (Å²) in [5, 5.41) is 11.2. The number of benzene rings is 1. The number of H-pyrrole nitrogens is 1. The Balaban J connectivity index is 1.56. The zero-order valence-corrected chi connectivity index (χ0v) is 14.4. The van der Waals surface area contributed by atoms with E-state index in [1.165, 1.54) is 5.39 Å². The molecule has 0 spiro atoms. The number of anilines is 1. The van der Waals surface area contributed by atoms with E-state index in [1.807, 2.05) is 29.4 Å². The molecule has 1 aliphatic heterocycles. The molecule has 0 bridgehead atoms. The predicted molar refractivity (Wildman–Crippen MR) is 98.5 cm³/mol. The van der Waals surface area contributed by atoms with Crippen LogP contribution in [-0.4, -0.2) is 32.2 Å². The highest BCUT2D eigenvalue weighted by atomic mass is 16.2. The summed E-state index contributed by atoms with van der Waals surface area (Å²) in [6, 6.07) is 8.23. The van der Waals surface area contributed by atoms with Crippen LogP contribution in [0.4, 0.5) is 10.5 Å². The van der Waals surface area contributed by atoms with E-state index in [1.54, 1.807) is 0 Å². The van der Waals surface area contributed by atoms with Crippen LogP contribution in [0.5, 0.6) is 0 Å². The Morgan fingerprint density at radius 2 is 2.28 bits per heavy atom. The molecule has 1 aliphatic rings. The van der Waals surface area contributed by atoms with Gasteiger partial charge in [-0.1, -0.05) is 6.07 Å². The van der Waals surface area contributed by atoms with Crippen molar-refractivity contribution < 1.29 is 4.79 Å². The molecule has 0 aliphatic carbocycles. The van der Waals surface area contributed by atoms with Crippen LogP contribution in [0.1, 0.15) is 37.8 Å². The number of carbonyl (C=O) groups is 1. The molecule has 1 atom stereocenters. The van der Waals surface area contributed by atoms with E-state index in [9.17, 15) is 4.79 Å². The van der Waals surface area contributed by atoms with E-state index in [0.717, 1.165) is 49.1 Å². The summed E-state index contributed by atoms with van der Waals surface area (Å²) in [5.41, 5.74) is 3.05. The number of likely N-dealkylation sites (tertiary alicyclic amines) is 1. The number of rotatable bonds is 3.